The molecular formula is C23H23FN2O3S. The fraction of sp³-hybridized carbons (Fsp3) is 0.348. The summed E-state index contributed by atoms with van der Waals surface area (Å²) in [6, 6.07) is 8.69. The molecule has 2 aromatic rings. The number of benzene rings is 2. The van der Waals surface area contributed by atoms with Gasteiger partial charge in [0.2, 0.25) is 0 Å². The number of hydrogen-bond donors (Lipinski definition) is 3. The standard InChI is InChI=1S/C23H23FN2O3S/c24-15-4-8-20(13(10-15)3-5-16-2-1-9-25-16)30-26-19-7-6-17-18-11-14(18)12-29-22(17)21(19)23(27)28/h3-8,10,14,16,18,25-26H,1-2,9,11-12H2,(H,27,28)/b5-3-/t14-,16?,18?/m0/s1. The maximum atomic E-state index is 13.8. The average molecular weight is 427 g/mol. The SMILES string of the molecule is O=C(O)c1c(NSc2ccc(F)cc2/C=C\C2CCCN2)ccc2c1OC[C@@H]1CC21. The number of aromatic carboxylic acids is 1. The van der Waals surface area contributed by atoms with Gasteiger partial charge in [-0.1, -0.05) is 18.2 Å². The number of anilines is 1. The van der Waals surface area contributed by atoms with E-state index in [2.05, 4.69) is 16.1 Å². The molecule has 156 valence electrons. The van der Waals surface area contributed by atoms with Crippen molar-refractivity contribution in [2.24, 2.45) is 5.92 Å². The van der Waals surface area contributed by atoms with Gasteiger partial charge in [0.05, 0.1) is 12.3 Å². The normalized spacial score (nSPS) is 24.2. The van der Waals surface area contributed by atoms with Crippen LogP contribution >= 0.6 is 11.9 Å². The summed E-state index contributed by atoms with van der Waals surface area (Å²) in [4.78, 5) is 12.8. The van der Waals surface area contributed by atoms with E-state index in [4.69, 9.17) is 4.74 Å². The molecule has 2 heterocycles. The second-order valence-electron chi connectivity index (χ2n) is 8.07. The lowest BCUT2D eigenvalue weighted by atomic mass is 10.0. The number of carbonyl (C=O) groups is 1. The van der Waals surface area contributed by atoms with Crippen LogP contribution < -0.4 is 14.8 Å². The second kappa shape index (κ2) is 7.96. The third-order valence-electron chi connectivity index (χ3n) is 6.02. The fourth-order valence-corrected chi connectivity index (χ4v) is 5.07. The lowest BCUT2D eigenvalue weighted by Gasteiger charge is -2.21. The molecule has 5 nitrogen and oxygen atoms in total. The summed E-state index contributed by atoms with van der Waals surface area (Å²) in [5.74, 6) is 0.117. The average Bonchev–Trinajstić information content (AvgIpc) is 3.36. The summed E-state index contributed by atoms with van der Waals surface area (Å²) in [5, 5.41) is 13.2. The third kappa shape index (κ3) is 3.79. The van der Waals surface area contributed by atoms with Crippen LogP contribution in [0.25, 0.3) is 6.08 Å². The summed E-state index contributed by atoms with van der Waals surface area (Å²) >= 11 is 1.28. The lowest BCUT2D eigenvalue weighted by molar-refractivity contribution is 0.0692. The van der Waals surface area contributed by atoms with Crippen molar-refractivity contribution in [2.45, 2.75) is 36.1 Å². The highest BCUT2D eigenvalue weighted by atomic mass is 32.2. The largest absolute Gasteiger partial charge is 0.492 e. The molecule has 3 atom stereocenters. The Labute approximate surface area is 178 Å². The Bertz CT molecular complexity index is 1020. The quantitative estimate of drug-likeness (QED) is 0.571. The Morgan fingerprint density at radius 2 is 2.23 bits per heavy atom. The highest BCUT2D eigenvalue weighted by molar-refractivity contribution is 8.00. The Balaban J connectivity index is 1.39. The number of rotatable bonds is 6. The predicted molar refractivity (Wildman–Crippen MR) is 116 cm³/mol. The molecule has 0 spiro atoms. The molecule has 3 aliphatic rings. The van der Waals surface area contributed by atoms with Crippen molar-refractivity contribution < 1.29 is 19.0 Å². The smallest absolute Gasteiger partial charge is 0.341 e. The molecule has 0 bridgehead atoms. The van der Waals surface area contributed by atoms with Gasteiger partial charge in [0, 0.05) is 16.9 Å². The van der Waals surface area contributed by atoms with E-state index in [-0.39, 0.29) is 11.4 Å². The molecule has 7 heteroatoms. The number of carboxylic acid groups (broad SMARTS) is 1. The molecule has 2 aliphatic heterocycles. The monoisotopic (exact) mass is 426 g/mol. The molecule has 2 fully saturated rings. The van der Waals surface area contributed by atoms with Gasteiger partial charge in [-0.2, -0.15) is 0 Å². The van der Waals surface area contributed by atoms with Crippen LogP contribution in [0.1, 0.15) is 46.7 Å². The van der Waals surface area contributed by atoms with E-state index in [0.29, 0.717) is 35.9 Å². The minimum Gasteiger partial charge on any atom is -0.492 e. The van der Waals surface area contributed by atoms with Gasteiger partial charge in [-0.05, 0) is 79.1 Å². The van der Waals surface area contributed by atoms with E-state index in [0.717, 1.165) is 41.8 Å². The number of fused-ring (bicyclic) bond motifs is 3. The summed E-state index contributed by atoms with van der Waals surface area (Å²) in [6.45, 7) is 1.58. The zero-order chi connectivity index (χ0) is 20.7. The molecular weight excluding hydrogens is 403 g/mol. The summed E-state index contributed by atoms with van der Waals surface area (Å²) < 4.78 is 22.8. The minimum absolute atomic E-state index is 0.166. The van der Waals surface area contributed by atoms with Gasteiger partial charge < -0.3 is 19.9 Å². The Kier molecular flexibility index (Phi) is 5.16. The van der Waals surface area contributed by atoms with Crippen molar-refractivity contribution in [3.8, 4) is 5.75 Å². The van der Waals surface area contributed by atoms with E-state index in [1.54, 1.807) is 12.1 Å². The summed E-state index contributed by atoms with van der Waals surface area (Å²) in [5.41, 5.74) is 2.41. The maximum Gasteiger partial charge on any atom is 0.341 e. The third-order valence-corrected chi connectivity index (χ3v) is 6.93. The molecule has 3 N–H and O–H groups in total. The first kappa shape index (κ1) is 19.5. The van der Waals surface area contributed by atoms with Crippen LogP contribution in [0.3, 0.4) is 0 Å². The van der Waals surface area contributed by atoms with Gasteiger partial charge >= 0.3 is 5.97 Å². The van der Waals surface area contributed by atoms with Crippen LogP contribution in [0.2, 0.25) is 0 Å². The molecule has 2 unspecified atom stereocenters. The van der Waals surface area contributed by atoms with Crippen molar-refractivity contribution in [3.63, 3.8) is 0 Å². The number of halogens is 1. The Morgan fingerprint density at radius 1 is 1.33 bits per heavy atom. The first-order valence-corrected chi connectivity index (χ1v) is 11.1. The van der Waals surface area contributed by atoms with Gasteiger partial charge in [0.1, 0.15) is 17.1 Å². The molecule has 0 aromatic heterocycles. The van der Waals surface area contributed by atoms with Crippen molar-refractivity contribution >= 4 is 29.7 Å². The second-order valence-corrected chi connectivity index (χ2v) is 8.92. The van der Waals surface area contributed by atoms with Crippen LogP contribution in [0, 0.1) is 11.7 Å². The predicted octanol–water partition coefficient (Wildman–Crippen LogP) is 4.90. The van der Waals surface area contributed by atoms with Crippen molar-refractivity contribution in [1.82, 2.24) is 5.32 Å². The van der Waals surface area contributed by atoms with E-state index < -0.39 is 5.97 Å². The Hall–Kier alpha value is -2.51. The minimum atomic E-state index is -1.01. The topological polar surface area (TPSA) is 70.6 Å². The van der Waals surface area contributed by atoms with E-state index in [1.165, 1.54) is 24.1 Å². The Morgan fingerprint density at radius 3 is 3.03 bits per heavy atom. The molecule has 1 saturated carbocycles. The summed E-state index contributed by atoms with van der Waals surface area (Å²) in [7, 11) is 0. The van der Waals surface area contributed by atoms with Crippen LogP contribution in [-0.2, 0) is 0 Å². The van der Waals surface area contributed by atoms with Gasteiger partial charge in [-0.15, -0.1) is 0 Å². The fourth-order valence-electron chi connectivity index (χ4n) is 4.29. The molecule has 1 aliphatic carbocycles. The molecule has 1 saturated heterocycles. The number of carboxylic acids is 1. The van der Waals surface area contributed by atoms with Crippen LogP contribution in [-0.4, -0.2) is 30.3 Å². The molecule has 5 rings (SSSR count). The number of nitrogens with one attached hydrogen (secondary N) is 2. The molecule has 30 heavy (non-hydrogen) atoms. The van der Waals surface area contributed by atoms with Gasteiger partial charge in [0.25, 0.3) is 0 Å². The maximum absolute atomic E-state index is 13.8. The van der Waals surface area contributed by atoms with Crippen LogP contribution in [0.5, 0.6) is 5.75 Å². The van der Waals surface area contributed by atoms with E-state index >= 15 is 0 Å². The first-order chi connectivity index (χ1) is 14.6. The zero-order valence-electron chi connectivity index (χ0n) is 16.4. The molecule has 0 radical (unpaired) electrons. The summed E-state index contributed by atoms with van der Waals surface area (Å²) in [6.07, 6.45) is 7.27. The van der Waals surface area contributed by atoms with Crippen molar-refractivity contribution in [3.05, 3.63) is 58.9 Å². The molecule has 2 aromatic carbocycles. The van der Waals surface area contributed by atoms with Crippen molar-refractivity contribution in [1.29, 1.82) is 0 Å². The molecule has 0 amide bonds. The van der Waals surface area contributed by atoms with Crippen LogP contribution in [0.15, 0.2) is 41.3 Å². The van der Waals surface area contributed by atoms with E-state index in [9.17, 15) is 14.3 Å². The van der Waals surface area contributed by atoms with Gasteiger partial charge in [-0.25, -0.2) is 9.18 Å². The number of hydrogen-bond acceptors (Lipinski definition) is 5. The highest BCUT2D eigenvalue weighted by Crippen LogP contribution is 2.55. The first-order valence-electron chi connectivity index (χ1n) is 10.3. The van der Waals surface area contributed by atoms with Crippen molar-refractivity contribution in [2.75, 3.05) is 17.9 Å². The number of ether oxygens (including phenoxy) is 1. The zero-order valence-corrected chi connectivity index (χ0v) is 17.2. The van der Waals surface area contributed by atoms with E-state index in [1.807, 2.05) is 12.1 Å². The van der Waals surface area contributed by atoms with Gasteiger partial charge in [-0.3, -0.25) is 0 Å². The lowest BCUT2D eigenvalue weighted by Crippen LogP contribution is -2.17. The highest BCUT2D eigenvalue weighted by Gasteiger charge is 2.45. The van der Waals surface area contributed by atoms with Gasteiger partial charge in [0.15, 0.2) is 0 Å². The van der Waals surface area contributed by atoms with Crippen LogP contribution in [0.4, 0.5) is 10.1 Å².